The highest BCUT2D eigenvalue weighted by atomic mass is 35.5. The van der Waals surface area contributed by atoms with Gasteiger partial charge in [-0.1, -0.05) is 30.3 Å². The zero-order valence-corrected chi connectivity index (χ0v) is 17.2. The molecule has 3 heterocycles. The maximum absolute atomic E-state index is 12.0. The number of nitrogens with zero attached hydrogens (tertiary/aromatic N) is 3. The highest BCUT2D eigenvalue weighted by molar-refractivity contribution is 6.28. The van der Waals surface area contributed by atoms with Gasteiger partial charge in [-0.15, -0.1) is 12.8 Å². The van der Waals surface area contributed by atoms with E-state index < -0.39 is 0 Å². The molecule has 0 radical (unpaired) electrons. The zero-order chi connectivity index (χ0) is 21.5. The molecule has 8 heteroatoms. The van der Waals surface area contributed by atoms with Gasteiger partial charge in [-0.05, 0) is 42.5 Å². The van der Waals surface area contributed by atoms with E-state index in [-0.39, 0.29) is 30.2 Å². The first-order chi connectivity index (χ1) is 14.6. The number of carbonyl (C=O) groups is 1. The van der Waals surface area contributed by atoms with Crippen molar-refractivity contribution in [3.8, 4) is 12.8 Å². The fraction of sp³-hybridized carbons (Fsp3) is 0.318. The van der Waals surface area contributed by atoms with Crippen molar-refractivity contribution in [3.63, 3.8) is 0 Å². The summed E-state index contributed by atoms with van der Waals surface area (Å²) in [6, 6.07) is 11.7. The number of esters is 1. The molecule has 30 heavy (non-hydrogen) atoms. The summed E-state index contributed by atoms with van der Waals surface area (Å²) < 4.78 is 13.3. The summed E-state index contributed by atoms with van der Waals surface area (Å²) in [4.78, 5) is 20.2. The lowest BCUT2D eigenvalue weighted by molar-refractivity contribution is -0.148. The van der Waals surface area contributed by atoms with Crippen LogP contribution < -0.4 is 5.73 Å². The van der Waals surface area contributed by atoms with Crippen molar-refractivity contribution in [3.05, 3.63) is 53.4 Å². The molecule has 0 aliphatic carbocycles. The maximum atomic E-state index is 12.0. The van der Waals surface area contributed by atoms with Crippen molar-refractivity contribution >= 4 is 34.4 Å². The number of rotatable bonds is 6. The van der Waals surface area contributed by atoms with Crippen LogP contribution in [0.4, 0.5) is 5.82 Å². The first-order valence-electron chi connectivity index (χ1n) is 9.58. The predicted molar refractivity (Wildman–Crippen MR) is 116 cm³/mol. The molecule has 4 rings (SSSR count). The van der Waals surface area contributed by atoms with Gasteiger partial charge < -0.3 is 19.8 Å². The van der Waals surface area contributed by atoms with Crippen LogP contribution in [0.3, 0.4) is 0 Å². The number of fused-ring (bicyclic) bond motifs is 1. The topological polar surface area (TPSA) is 92.3 Å². The molecule has 1 aromatic carbocycles. The van der Waals surface area contributed by atoms with Crippen LogP contribution in [0.25, 0.3) is 11.0 Å². The summed E-state index contributed by atoms with van der Waals surface area (Å²) in [5.41, 5.74) is 7.66. The van der Waals surface area contributed by atoms with Crippen LogP contribution in [-0.2, 0) is 20.7 Å². The Bertz CT molecular complexity index is 1020. The normalized spacial score (nSPS) is 18.0. The fourth-order valence-electron chi connectivity index (χ4n) is 3.42. The molecule has 1 aliphatic rings. The number of hydrogen-bond donors (Lipinski definition) is 1. The smallest absolute Gasteiger partial charge is 0.306 e. The second kappa shape index (κ2) is 10.1. The van der Waals surface area contributed by atoms with E-state index in [1.54, 1.807) is 0 Å². The molecule has 0 saturated carbocycles. The molecular weight excluding hydrogens is 404 g/mol. The van der Waals surface area contributed by atoms with E-state index in [1.165, 1.54) is 0 Å². The molecule has 1 unspecified atom stereocenters. The van der Waals surface area contributed by atoms with E-state index >= 15 is 0 Å². The minimum atomic E-state index is -0.213. The van der Waals surface area contributed by atoms with E-state index in [9.17, 15) is 4.79 Å². The van der Waals surface area contributed by atoms with Crippen LogP contribution in [0.5, 0.6) is 0 Å². The van der Waals surface area contributed by atoms with Crippen molar-refractivity contribution in [2.75, 3.05) is 12.3 Å². The van der Waals surface area contributed by atoms with E-state index in [0.29, 0.717) is 24.3 Å². The third-order valence-corrected chi connectivity index (χ3v) is 5.03. The number of benzene rings is 1. The van der Waals surface area contributed by atoms with Crippen LogP contribution in [0.15, 0.2) is 42.6 Å². The number of carbonyl (C=O) groups excluding carboxylic acids is 1. The molecule has 3 aromatic rings. The van der Waals surface area contributed by atoms with E-state index in [4.69, 9.17) is 26.8 Å². The van der Waals surface area contributed by atoms with Crippen molar-refractivity contribution < 1.29 is 14.3 Å². The number of nitrogen functional groups attached to an aromatic ring is 1. The zero-order valence-electron chi connectivity index (χ0n) is 16.4. The number of aryl methyl sites for hydroxylation is 1. The molecule has 1 fully saturated rings. The molecule has 2 aromatic heterocycles. The Labute approximate surface area is 180 Å². The first-order valence-corrected chi connectivity index (χ1v) is 9.96. The summed E-state index contributed by atoms with van der Waals surface area (Å²) in [5.74, 6) is 0.130. The van der Waals surface area contributed by atoms with E-state index in [0.717, 1.165) is 23.8 Å². The number of halogens is 1. The summed E-state index contributed by atoms with van der Waals surface area (Å²) in [5, 5.41) is 0.843. The van der Waals surface area contributed by atoms with Gasteiger partial charge in [0.05, 0.1) is 11.5 Å². The van der Waals surface area contributed by atoms with Crippen LogP contribution in [-0.4, -0.2) is 33.2 Å². The number of nitrogens with two attached hydrogens (primary N) is 1. The Morgan fingerprint density at radius 3 is 2.77 bits per heavy atom. The number of ether oxygens (including phenoxy) is 2. The summed E-state index contributed by atoms with van der Waals surface area (Å²) in [6.45, 7) is 0.251. The average molecular weight is 427 g/mol. The third kappa shape index (κ3) is 5.09. The minimum absolute atomic E-state index is 0.104. The van der Waals surface area contributed by atoms with Crippen molar-refractivity contribution in [2.24, 2.45) is 0 Å². The third-order valence-electron chi connectivity index (χ3n) is 4.86. The quantitative estimate of drug-likeness (QED) is 0.366. The second-order valence-electron chi connectivity index (χ2n) is 6.80. The number of terminal acetylenes is 1. The molecule has 7 nitrogen and oxygen atoms in total. The molecule has 0 amide bonds. The Hall–Kier alpha value is -3.08. The van der Waals surface area contributed by atoms with Crippen molar-refractivity contribution in [1.29, 1.82) is 0 Å². The Kier molecular flexibility index (Phi) is 7.28. The highest BCUT2D eigenvalue weighted by Gasteiger charge is 2.29. The van der Waals surface area contributed by atoms with Gasteiger partial charge in [0, 0.05) is 12.6 Å². The van der Waals surface area contributed by atoms with Gasteiger partial charge in [-0.3, -0.25) is 4.79 Å². The van der Waals surface area contributed by atoms with Gasteiger partial charge >= 0.3 is 5.97 Å². The molecule has 1 saturated heterocycles. The summed E-state index contributed by atoms with van der Waals surface area (Å²) in [7, 11) is 0. The highest BCUT2D eigenvalue weighted by Crippen LogP contribution is 2.32. The first kappa shape index (κ1) is 21.6. The fourth-order valence-corrected chi connectivity index (χ4v) is 3.60. The van der Waals surface area contributed by atoms with Crippen LogP contribution in [0.2, 0.25) is 5.28 Å². The lowest BCUT2D eigenvalue weighted by Crippen LogP contribution is -2.19. The maximum Gasteiger partial charge on any atom is 0.306 e. The molecule has 2 atom stereocenters. The van der Waals surface area contributed by atoms with Crippen LogP contribution >= 0.6 is 11.6 Å². The van der Waals surface area contributed by atoms with Gasteiger partial charge in [-0.25, -0.2) is 4.98 Å². The largest absolute Gasteiger partial charge is 0.463 e. The standard InChI is InChI=1S/C20H21ClN4O3.C2H2/c21-20-23-18(22)15-10-11-25(19(15)24-20)16-8-7-14(28-16)12-27-17(26)9-6-13-4-2-1-3-5-13;1-2/h1-5,10-11,14,16H,6-9,12H2,(H2,22,23,24);1-2H/t14-,16?;/m0./s1. The monoisotopic (exact) mass is 426 g/mol. The van der Waals surface area contributed by atoms with Crippen molar-refractivity contribution in [1.82, 2.24) is 14.5 Å². The van der Waals surface area contributed by atoms with Crippen LogP contribution in [0, 0.1) is 12.8 Å². The van der Waals surface area contributed by atoms with Gasteiger partial charge in [0.25, 0.3) is 0 Å². The average Bonchev–Trinajstić information content (AvgIpc) is 3.40. The number of aromatic nitrogens is 3. The van der Waals surface area contributed by atoms with Gasteiger partial charge in [0.1, 0.15) is 24.3 Å². The summed E-state index contributed by atoms with van der Waals surface area (Å²) >= 11 is 5.93. The number of anilines is 1. The lowest BCUT2D eigenvalue weighted by Gasteiger charge is -2.16. The minimum Gasteiger partial charge on any atom is -0.463 e. The van der Waals surface area contributed by atoms with Crippen LogP contribution in [0.1, 0.15) is 31.1 Å². The van der Waals surface area contributed by atoms with Gasteiger partial charge in [0.2, 0.25) is 5.28 Å². The molecule has 0 bridgehead atoms. The molecule has 156 valence electrons. The molecule has 0 spiro atoms. The number of hydrogen-bond acceptors (Lipinski definition) is 6. The van der Waals surface area contributed by atoms with E-state index in [2.05, 4.69) is 22.8 Å². The Morgan fingerprint density at radius 2 is 2.00 bits per heavy atom. The van der Waals surface area contributed by atoms with Crippen molar-refractivity contribution in [2.45, 2.75) is 38.0 Å². The second-order valence-corrected chi connectivity index (χ2v) is 7.13. The lowest BCUT2D eigenvalue weighted by atomic mass is 10.1. The molecule has 2 N–H and O–H groups in total. The Balaban J connectivity index is 0.00000124. The van der Waals surface area contributed by atoms with Gasteiger partial charge in [0.15, 0.2) is 0 Å². The van der Waals surface area contributed by atoms with E-state index in [1.807, 2.05) is 47.2 Å². The predicted octanol–water partition coefficient (Wildman–Crippen LogP) is 3.77. The molecular formula is C22H23ClN4O3. The summed E-state index contributed by atoms with van der Waals surface area (Å²) in [6.07, 6.45) is 12.1. The SMILES string of the molecule is C#C.Nc1nc(Cl)nc2c1ccn2C1CC[C@@H](COC(=O)CCc2ccccc2)O1. The van der Waals surface area contributed by atoms with Gasteiger partial charge in [-0.2, -0.15) is 4.98 Å². The Morgan fingerprint density at radius 1 is 1.23 bits per heavy atom. The molecule has 1 aliphatic heterocycles.